The van der Waals surface area contributed by atoms with E-state index in [2.05, 4.69) is 5.32 Å². The number of ether oxygens (including phenoxy) is 2. The topological polar surface area (TPSA) is 108 Å². The summed E-state index contributed by atoms with van der Waals surface area (Å²) in [7, 11) is 0. The first-order valence-electron chi connectivity index (χ1n) is 6.83. The van der Waals surface area contributed by atoms with Gasteiger partial charge >= 0.3 is 5.97 Å². The van der Waals surface area contributed by atoms with Gasteiger partial charge in [-0.1, -0.05) is 6.92 Å². The summed E-state index contributed by atoms with van der Waals surface area (Å²) in [6.45, 7) is 4.15. The molecule has 0 spiro atoms. The first-order valence-corrected chi connectivity index (χ1v) is 6.83. The number of carbonyl (C=O) groups excluding carboxylic acids is 3. The van der Waals surface area contributed by atoms with Gasteiger partial charge in [0.1, 0.15) is 12.1 Å². The molecule has 20 heavy (non-hydrogen) atoms. The number of nitrogens with two attached hydrogens (primary N) is 1. The molecule has 1 aliphatic heterocycles. The zero-order chi connectivity index (χ0) is 15.1. The van der Waals surface area contributed by atoms with Crippen molar-refractivity contribution in [2.75, 3.05) is 13.2 Å². The van der Waals surface area contributed by atoms with Crippen LogP contribution in [0.3, 0.4) is 0 Å². The van der Waals surface area contributed by atoms with Crippen molar-refractivity contribution in [3.8, 4) is 0 Å². The van der Waals surface area contributed by atoms with Gasteiger partial charge in [0.15, 0.2) is 0 Å². The molecule has 114 valence electrons. The van der Waals surface area contributed by atoms with Crippen LogP contribution in [0.1, 0.15) is 33.1 Å². The van der Waals surface area contributed by atoms with E-state index in [4.69, 9.17) is 15.2 Å². The lowest BCUT2D eigenvalue weighted by molar-refractivity contribution is -0.148. The Kier molecular flexibility index (Phi) is 6.44. The number of amides is 2. The molecular weight excluding hydrogens is 264 g/mol. The average molecular weight is 286 g/mol. The predicted octanol–water partition coefficient (Wildman–Crippen LogP) is -0.275. The minimum Gasteiger partial charge on any atom is -0.466 e. The van der Waals surface area contributed by atoms with E-state index in [0.29, 0.717) is 13.0 Å². The second kappa shape index (κ2) is 7.84. The third-order valence-electron chi connectivity index (χ3n) is 3.16. The van der Waals surface area contributed by atoms with Crippen LogP contribution in [0.2, 0.25) is 0 Å². The molecule has 0 aromatic rings. The maximum Gasteiger partial charge on any atom is 0.308 e. The molecule has 1 aliphatic rings. The van der Waals surface area contributed by atoms with Crippen molar-refractivity contribution in [2.24, 2.45) is 11.7 Å². The molecule has 0 aromatic carbocycles. The minimum absolute atomic E-state index is 0.118. The number of primary amides is 1. The van der Waals surface area contributed by atoms with Gasteiger partial charge in [-0.15, -0.1) is 0 Å². The number of hydrogen-bond acceptors (Lipinski definition) is 5. The van der Waals surface area contributed by atoms with E-state index in [1.54, 1.807) is 13.8 Å². The minimum atomic E-state index is -0.897. The lowest BCUT2D eigenvalue weighted by atomic mass is 10.0. The van der Waals surface area contributed by atoms with Crippen LogP contribution in [-0.4, -0.2) is 43.1 Å². The van der Waals surface area contributed by atoms with E-state index < -0.39 is 29.9 Å². The molecule has 1 fully saturated rings. The average Bonchev–Trinajstić information content (AvgIpc) is 2.91. The largest absolute Gasteiger partial charge is 0.466 e. The molecule has 2 amide bonds. The van der Waals surface area contributed by atoms with Crippen LogP contribution in [-0.2, 0) is 23.9 Å². The normalized spacial score (nSPS) is 21.0. The Bertz CT molecular complexity index is 366. The fourth-order valence-electron chi connectivity index (χ4n) is 2.03. The molecule has 1 heterocycles. The van der Waals surface area contributed by atoms with E-state index in [0.717, 1.165) is 6.42 Å². The Morgan fingerprint density at radius 3 is 2.65 bits per heavy atom. The van der Waals surface area contributed by atoms with Gasteiger partial charge in [-0.3, -0.25) is 14.4 Å². The highest BCUT2D eigenvalue weighted by Gasteiger charge is 2.29. The number of rotatable bonds is 7. The lowest BCUT2D eigenvalue weighted by Crippen LogP contribution is -2.49. The van der Waals surface area contributed by atoms with Gasteiger partial charge in [0.25, 0.3) is 0 Å². The van der Waals surface area contributed by atoms with Crippen LogP contribution in [0.25, 0.3) is 0 Å². The van der Waals surface area contributed by atoms with Gasteiger partial charge in [-0.25, -0.2) is 0 Å². The third-order valence-corrected chi connectivity index (χ3v) is 3.16. The van der Waals surface area contributed by atoms with Crippen LogP contribution < -0.4 is 11.1 Å². The van der Waals surface area contributed by atoms with Gasteiger partial charge in [0, 0.05) is 6.61 Å². The summed E-state index contributed by atoms with van der Waals surface area (Å²) in [6, 6.07) is -0.897. The van der Waals surface area contributed by atoms with Gasteiger partial charge < -0.3 is 20.5 Å². The fourth-order valence-corrected chi connectivity index (χ4v) is 2.03. The number of hydrogen-bond donors (Lipinski definition) is 2. The molecule has 0 bridgehead atoms. The van der Waals surface area contributed by atoms with Crippen molar-refractivity contribution < 1.29 is 23.9 Å². The quantitative estimate of drug-likeness (QED) is 0.626. The highest BCUT2D eigenvalue weighted by atomic mass is 16.5. The standard InChI is InChI=1S/C13H22N2O5/c1-3-19-13(18)8(2)7-9(11(14)16)15-12(17)10-5-4-6-20-10/h8-10H,3-7H2,1-2H3,(H2,14,16)(H,15,17)/t8-,9-,10-/m0/s1. The van der Waals surface area contributed by atoms with Crippen molar-refractivity contribution >= 4 is 17.8 Å². The molecule has 0 aromatic heterocycles. The van der Waals surface area contributed by atoms with Gasteiger partial charge in [-0.05, 0) is 26.2 Å². The molecular formula is C13H22N2O5. The van der Waals surface area contributed by atoms with Crippen LogP contribution >= 0.6 is 0 Å². The Balaban J connectivity index is 2.53. The highest BCUT2D eigenvalue weighted by molar-refractivity contribution is 5.89. The van der Waals surface area contributed by atoms with Gasteiger partial charge in [-0.2, -0.15) is 0 Å². The van der Waals surface area contributed by atoms with Crippen LogP contribution in [0, 0.1) is 5.92 Å². The zero-order valence-electron chi connectivity index (χ0n) is 11.9. The SMILES string of the molecule is CCOC(=O)[C@@H](C)C[C@H](NC(=O)[C@@H]1CCCO1)C(N)=O. The molecule has 3 atom stereocenters. The summed E-state index contributed by atoms with van der Waals surface area (Å²) in [5.74, 6) is -1.96. The Labute approximate surface area is 118 Å². The fraction of sp³-hybridized carbons (Fsp3) is 0.769. The Morgan fingerprint density at radius 2 is 2.15 bits per heavy atom. The summed E-state index contributed by atoms with van der Waals surface area (Å²) in [5.41, 5.74) is 5.26. The molecule has 7 heteroatoms. The molecule has 1 saturated heterocycles. The maximum atomic E-state index is 11.9. The third kappa shape index (κ3) is 4.80. The van der Waals surface area contributed by atoms with Crippen molar-refractivity contribution in [1.29, 1.82) is 0 Å². The molecule has 0 unspecified atom stereocenters. The van der Waals surface area contributed by atoms with E-state index in [-0.39, 0.29) is 18.9 Å². The maximum absolute atomic E-state index is 11.9. The summed E-state index contributed by atoms with van der Waals surface area (Å²) < 4.78 is 10.1. The zero-order valence-corrected chi connectivity index (χ0v) is 11.9. The molecule has 0 radical (unpaired) electrons. The lowest BCUT2D eigenvalue weighted by Gasteiger charge is -2.20. The molecule has 0 saturated carbocycles. The second-order valence-corrected chi connectivity index (χ2v) is 4.85. The number of esters is 1. The Hall–Kier alpha value is -1.63. The number of nitrogens with one attached hydrogen (secondary N) is 1. The van der Waals surface area contributed by atoms with Crippen LogP contribution in [0.5, 0.6) is 0 Å². The van der Waals surface area contributed by atoms with Crippen molar-refractivity contribution in [2.45, 2.75) is 45.3 Å². The second-order valence-electron chi connectivity index (χ2n) is 4.85. The molecule has 0 aliphatic carbocycles. The van der Waals surface area contributed by atoms with Crippen molar-refractivity contribution in [3.63, 3.8) is 0 Å². The van der Waals surface area contributed by atoms with E-state index >= 15 is 0 Å². The first kappa shape index (κ1) is 16.4. The van der Waals surface area contributed by atoms with E-state index in [1.165, 1.54) is 0 Å². The monoisotopic (exact) mass is 286 g/mol. The number of carbonyl (C=O) groups is 3. The smallest absolute Gasteiger partial charge is 0.308 e. The molecule has 3 N–H and O–H groups in total. The van der Waals surface area contributed by atoms with Crippen LogP contribution in [0.15, 0.2) is 0 Å². The van der Waals surface area contributed by atoms with Crippen molar-refractivity contribution in [1.82, 2.24) is 5.32 Å². The summed E-state index contributed by atoms with van der Waals surface area (Å²) >= 11 is 0. The summed E-state index contributed by atoms with van der Waals surface area (Å²) in [5, 5.41) is 2.54. The van der Waals surface area contributed by atoms with Gasteiger partial charge in [0.05, 0.1) is 12.5 Å². The van der Waals surface area contributed by atoms with E-state index in [9.17, 15) is 14.4 Å². The molecule has 1 rings (SSSR count). The summed E-state index contributed by atoms with van der Waals surface area (Å²) in [6.07, 6.45) is 1.03. The first-order chi connectivity index (χ1) is 9.45. The summed E-state index contributed by atoms with van der Waals surface area (Å²) in [4.78, 5) is 34.8. The van der Waals surface area contributed by atoms with Crippen LogP contribution in [0.4, 0.5) is 0 Å². The Morgan fingerprint density at radius 1 is 1.45 bits per heavy atom. The van der Waals surface area contributed by atoms with Gasteiger partial charge in [0.2, 0.25) is 11.8 Å². The highest BCUT2D eigenvalue weighted by Crippen LogP contribution is 2.13. The predicted molar refractivity (Wildman–Crippen MR) is 70.5 cm³/mol. The van der Waals surface area contributed by atoms with Crippen molar-refractivity contribution in [3.05, 3.63) is 0 Å². The molecule has 7 nitrogen and oxygen atoms in total. The van der Waals surface area contributed by atoms with E-state index in [1.807, 2.05) is 0 Å².